The van der Waals surface area contributed by atoms with Gasteiger partial charge in [-0.1, -0.05) is 73.7 Å². The first-order valence-electron chi connectivity index (χ1n) is 13.6. The molecule has 39 heavy (non-hydrogen) atoms. The monoisotopic (exact) mass is 558 g/mol. The molecule has 2 N–H and O–H groups in total. The van der Waals surface area contributed by atoms with Crippen LogP contribution in [0.25, 0.3) is 5.00 Å². The summed E-state index contributed by atoms with van der Waals surface area (Å²) < 4.78 is 2.17. The first-order valence-corrected chi connectivity index (χ1v) is 14.8. The van der Waals surface area contributed by atoms with Gasteiger partial charge >= 0.3 is 6.03 Å². The maximum absolute atomic E-state index is 13.2. The number of nitrogens with one attached hydrogen (secondary N) is 2. The number of nitrogens with zero attached hydrogens (tertiary/aromatic N) is 4. The van der Waals surface area contributed by atoms with Crippen LogP contribution in [0.2, 0.25) is 5.02 Å². The lowest BCUT2D eigenvalue weighted by Crippen LogP contribution is -2.33. The Labute approximate surface area is 237 Å². The van der Waals surface area contributed by atoms with Crippen LogP contribution in [0.15, 0.2) is 59.6 Å². The summed E-state index contributed by atoms with van der Waals surface area (Å²) in [5.74, 6) is 1.89. The highest BCUT2D eigenvalue weighted by atomic mass is 35.5. The number of halogens is 1. The third kappa shape index (κ3) is 5.11. The molecule has 9 heteroatoms. The summed E-state index contributed by atoms with van der Waals surface area (Å²) in [5.41, 5.74) is 4.39. The SMILES string of the molecule is CCc1cc2c(s1)-n1c(C3CCCCC3)nnc1C(NC(=O)Nc1ccc(C)cc1)N=C2c1ccccc1Cl. The van der Waals surface area contributed by atoms with Crippen molar-refractivity contribution in [1.29, 1.82) is 0 Å². The minimum atomic E-state index is -0.753. The van der Waals surface area contributed by atoms with Gasteiger partial charge in [-0.05, 0) is 50.5 Å². The molecule has 3 heterocycles. The van der Waals surface area contributed by atoms with Crippen LogP contribution in [0.4, 0.5) is 10.5 Å². The first kappa shape index (κ1) is 25.8. The molecule has 0 radical (unpaired) electrons. The van der Waals surface area contributed by atoms with E-state index in [0.717, 1.165) is 52.5 Å². The number of hydrogen-bond donors (Lipinski definition) is 2. The highest BCUT2D eigenvalue weighted by molar-refractivity contribution is 7.15. The molecule has 7 nitrogen and oxygen atoms in total. The molecule has 4 aromatic rings. The van der Waals surface area contributed by atoms with Crippen LogP contribution in [-0.2, 0) is 6.42 Å². The number of aromatic nitrogens is 3. The molecule has 1 unspecified atom stereocenters. The molecule has 2 aliphatic rings. The maximum Gasteiger partial charge on any atom is 0.321 e. The second-order valence-corrected chi connectivity index (χ2v) is 11.7. The Morgan fingerprint density at radius 3 is 2.51 bits per heavy atom. The van der Waals surface area contributed by atoms with Gasteiger partial charge < -0.3 is 10.6 Å². The van der Waals surface area contributed by atoms with Crippen LogP contribution in [-0.4, -0.2) is 26.5 Å². The van der Waals surface area contributed by atoms with Gasteiger partial charge in [-0.2, -0.15) is 0 Å². The molecule has 0 saturated heterocycles. The van der Waals surface area contributed by atoms with E-state index < -0.39 is 6.17 Å². The molecular formula is C30H31ClN6OS. The van der Waals surface area contributed by atoms with Gasteiger partial charge in [0, 0.05) is 32.6 Å². The Morgan fingerprint density at radius 1 is 1.03 bits per heavy atom. The third-order valence-electron chi connectivity index (χ3n) is 7.46. The number of hydrogen-bond acceptors (Lipinski definition) is 5. The second-order valence-electron chi connectivity index (χ2n) is 10.2. The number of carbonyl (C=O) groups is 1. The Morgan fingerprint density at radius 2 is 1.77 bits per heavy atom. The Hall–Kier alpha value is -3.49. The van der Waals surface area contributed by atoms with Crippen molar-refractivity contribution in [2.45, 2.75) is 64.5 Å². The zero-order valence-electron chi connectivity index (χ0n) is 22.1. The normalized spacial score (nSPS) is 17.1. The summed E-state index contributed by atoms with van der Waals surface area (Å²) in [5, 5.41) is 17.0. The van der Waals surface area contributed by atoms with Crippen LogP contribution in [0.1, 0.15) is 84.3 Å². The fraction of sp³-hybridized carbons (Fsp3) is 0.333. The number of rotatable bonds is 5. The van der Waals surface area contributed by atoms with E-state index >= 15 is 0 Å². The van der Waals surface area contributed by atoms with E-state index in [9.17, 15) is 4.79 Å². The summed E-state index contributed by atoms with van der Waals surface area (Å²) in [6.07, 6.45) is 5.96. The highest BCUT2D eigenvalue weighted by Gasteiger charge is 2.34. The Balaban J connectivity index is 1.48. The molecule has 1 atom stereocenters. The number of amides is 2. The molecular weight excluding hydrogens is 528 g/mol. The molecule has 1 aliphatic carbocycles. The number of aryl methyl sites for hydroxylation is 2. The molecule has 6 rings (SSSR count). The lowest BCUT2D eigenvalue weighted by molar-refractivity contribution is 0.248. The number of thiophene rings is 1. The molecule has 1 saturated carbocycles. The van der Waals surface area contributed by atoms with E-state index in [1.165, 1.54) is 24.1 Å². The van der Waals surface area contributed by atoms with E-state index in [-0.39, 0.29) is 6.03 Å². The van der Waals surface area contributed by atoms with Crippen LogP contribution >= 0.6 is 22.9 Å². The summed E-state index contributed by atoms with van der Waals surface area (Å²) >= 11 is 8.45. The fourth-order valence-corrected chi connectivity index (χ4v) is 6.75. The number of fused-ring (bicyclic) bond motifs is 3. The molecule has 200 valence electrons. The molecule has 1 fully saturated rings. The summed E-state index contributed by atoms with van der Waals surface area (Å²) in [7, 11) is 0. The Kier molecular flexibility index (Phi) is 7.23. The smallest absolute Gasteiger partial charge is 0.309 e. The van der Waals surface area contributed by atoms with Crippen molar-refractivity contribution >= 4 is 40.4 Å². The van der Waals surface area contributed by atoms with Crippen LogP contribution in [0.3, 0.4) is 0 Å². The van der Waals surface area contributed by atoms with Crippen molar-refractivity contribution < 1.29 is 4.79 Å². The predicted molar refractivity (Wildman–Crippen MR) is 158 cm³/mol. The number of urea groups is 1. The lowest BCUT2D eigenvalue weighted by Gasteiger charge is -2.22. The molecule has 1 aliphatic heterocycles. The number of benzene rings is 2. The van der Waals surface area contributed by atoms with Crippen molar-refractivity contribution in [3.8, 4) is 5.00 Å². The first-order chi connectivity index (χ1) is 19.0. The van der Waals surface area contributed by atoms with Crippen LogP contribution < -0.4 is 10.6 Å². The van der Waals surface area contributed by atoms with Crippen molar-refractivity contribution in [2.24, 2.45) is 4.99 Å². The van der Waals surface area contributed by atoms with Gasteiger partial charge in [0.25, 0.3) is 0 Å². The van der Waals surface area contributed by atoms with E-state index in [4.69, 9.17) is 21.7 Å². The zero-order chi connectivity index (χ0) is 26.9. The molecule has 2 aromatic carbocycles. The van der Waals surface area contributed by atoms with E-state index in [1.807, 2.05) is 55.5 Å². The van der Waals surface area contributed by atoms with Gasteiger partial charge in [-0.15, -0.1) is 21.5 Å². The van der Waals surface area contributed by atoms with E-state index in [0.29, 0.717) is 22.5 Å². The van der Waals surface area contributed by atoms with E-state index in [2.05, 4.69) is 33.3 Å². The van der Waals surface area contributed by atoms with Gasteiger partial charge in [0.15, 0.2) is 12.0 Å². The van der Waals surface area contributed by atoms with Crippen molar-refractivity contribution in [3.05, 3.63) is 92.8 Å². The van der Waals surface area contributed by atoms with Crippen LogP contribution in [0, 0.1) is 6.92 Å². The molecule has 2 aromatic heterocycles. The highest BCUT2D eigenvalue weighted by Crippen LogP contribution is 2.40. The minimum absolute atomic E-state index is 0.323. The van der Waals surface area contributed by atoms with Gasteiger partial charge in [-0.25, -0.2) is 4.79 Å². The Bertz CT molecular complexity index is 1530. The van der Waals surface area contributed by atoms with E-state index in [1.54, 1.807) is 11.3 Å². The average molecular weight is 559 g/mol. The quantitative estimate of drug-likeness (QED) is 0.265. The summed E-state index contributed by atoms with van der Waals surface area (Å²) in [6, 6.07) is 17.3. The second kappa shape index (κ2) is 10.9. The summed E-state index contributed by atoms with van der Waals surface area (Å²) in [4.78, 5) is 19.6. The van der Waals surface area contributed by atoms with Gasteiger partial charge in [-0.3, -0.25) is 9.56 Å². The maximum atomic E-state index is 13.2. The number of aliphatic imine (C=N–C) groups is 1. The summed E-state index contributed by atoms with van der Waals surface area (Å²) in [6.45, 7) is 4.17. The topological polar surface area (TPSA) is 84.2 Å². The minimum Gasteiger partial charge on any atom is -0.309 e. The average Bonchev–Trinajstić information content (AvgIpc) is 3.55. The van der Waals surface area contributed by atoms with Gasteiger partial charge in [0.1, 0.15) is 10.8 Å². The van der Waals surface area contributed by atoms with Crippen molar-refractivity contribution in [3.63, 3.8) is 0 Å². The number of carbonyl (C=O) groups excluding carboxylic acids is 1. The van der Waals surface area contributed by atoms with Crippen LogP contribution in [0.5, 0.6) is 0 Å². The number of anilines is 1. The van der Waals surface area contributed by atoms with Crippen molar-refractivity contribution in [2.75, 3.05) is 5.32 Å². The predicted octanol–water partition coefficient (Wildman–Crippen LogP) is 7.57. The largest absolute Gasteiger partial charge is 0.321 e. The van der Waals surface area contributed by atoms with Crippen molar-refractivity contribution in [1.82, 2.24) is 20.1 Å². The zero-order valence-corrected chi connectivity index (χ0v) is 23.6. The fourth-order valence-electron chi connectivity index (χ4n) is 5.41. The molecule has 0 bridgehead atoms. The molecule has 0 spiro atoms. The molecule has 2 amide bonds. The third-order valence-corrected chi connectivity index (χ3v) is 9.06. The van der Waals surface area contributed by atoms with Gasteiger partial charge in [0.05, 0.1) is 5.71 Å². The lowest BCUT2D eigenvalue weighted by atomic mass is 9.88. The standard InChI is InChI=1S/C30H31ClN6OS/c1-3-21-17-23-25(22-11-7-8-12-24(22)31)33-26(34-30(38)32-20-15-13-18(2)14-16-20)28-36-35-27(37(28)29(23)39-21)19-9-5-4-6-10-19/h7-8,11-17,19,26H,3-6,9-10H2,1-2H3,(H2,32,34,38). The van der Waals surface area contributed by atoms with Gasteiger partial charge in [0.2, 0.25) is 0 Å².